The predicted octanol–water partition coefficient (Wildman–Crippen LogP) is 1.85. The van der Waals surface area contributed by atoms with Crippen molar-refractivity contribution >= 4 is 17.4 Å². The number of hydrogen-bond donors (Lipinski definition) is 1. The maximum atomic E-state index is 12.8. The summed E-state index contributed by atoms with van der Waals surface area (Å²) in [6, 6.07) is 8.03. The number of carbonyl (C=O) groups excluding carboxylic acids is 1. The number of morpholine rings is 1. The number of nitrogens with zero attached hydrogens (tertiary/aromatic N) is 3. The lowest BCUT2D eigenvalue weighted by molar-refractivity contribution is 0.0572. The average molecular weight is 374 g/mol. The van der Waals surface area contributed by atoms with Crippen molar-refractivity contribution in [2.24, 2.45) is 0 Å². The van der Waals surface area contributed by atoms with Gasteiger partial charge in [0, 0.05) is 52.4 Å². The first-order valence-electron chi connectivity index (χ1n) is 10.1. The molecule has 0 bridgehead atoms. The largest absolute Gasteiger partial charge is 0.378 e. The number of nitrogens with one attached hydrogen (secondary N) is 1. The Bertz CT molecular complexity index is 621. The number of hydrogen-bond acceptors (Lipinski definition) is 5. The molecule has 2 amide bonds. The highest BCUT2D eigenvalue weighted by atomic mass is 16.5. The minimum Gasteiger partial charge on any atom is -0.378 e. The smallest absolute Gasteiger partial charge is 0.321 e. The normalized spacial score (nSPS) is 24.2. The predicted molar refractivity (Wildman–Crippen MR) is 105 cm³/mol. The number of piperazine rings is 1. The van der Waals surface area contributed by atoms with E-state index in [1.165, 1.54) is 12.8 Å². The molecule has 1 aromatic rings. The Labute approximate surface area is 161 Å². The van der Waals surface area contributed by atoms with Crippen LogP contribution in [0.1, 0.15) is 12.8 Å². The summed E-state index contributed by atoms with van der Waals surface area (Å²) < 4.78 is 11.2. The van der Waals surface area contributed by atoms with Crippen LogP contribution in [-0.4, -0.2) is 87.6 Å². The van der Waals surface area contributed by atoms with Crippen LogP contribution in [0, 0.1) is 0 Å². The van der Waals surface area contributed by atoms with Crippen molar-refractivity contribution in [3.63, 3.8) is 0 Å². The van der Waals surface area contributed by atoms with Crippen LogP contribution in [0.5, 0.6) is 0 Å². The Morgan fingerprint density at radius 2 is 1.81 bits per heavy atom. The Balaban J connectivity index is 1.30. The molecule has 0 spiro atoms. The van der Waals surface area contributed by atoms with Gasteiger partial charge in [0.1, 0.15) is 0 Å². The van der Waals surface area contributed by atoms with Crippen LogP contribution in [0.4, 0.5) is 16.2 Å². The molecule has 1 aromatic carbocycles. The molecule has 3 heterocycles. The molecule has 27 heavy (non-hydrogen) atoms. The number of para-hydroxylation sites is 2. The first-order valence-corrected chi connectivity index (χ1v) is 10.1. The summed E-state index contributed by atoms with van der Waals surface area (Å²) >= 11 is 0. The van der Waals surface area contributed by atoms with Crippen molar-refractivity contribution in [3.8, 4) is 0 Å². The molecule has 4 rings (SSSR count). The lowest BCUT2D eigenvalue weighted by Gasteiger charge is -2.36. The molecule has 0 aliphatic carbocycles. The molecular weight excluding hydrogens is 344 g/mol. The average Bonchev–Trinajstić information content (AvgIpc) is 3.23. The molecule has 0 aromatic heterocycles. The van der Waals surface area contributed by atoms with Gasteiger partial charge in [0.15, 0.2) is 0 Å². The number of benzene rings is 1. The maximum absolute atomic E-state index is 12.8. The maximum Gasteiger partial charge on any atom is 0.321 e. The van der Waals surface area contributed by atoms with Gasteiger partial charge in [-0.2, -0.15) is 0 Å². The molecule has 0 radical (unpaired) electrons. The molecular formula is C20H30N4O3. The molecule has 1 N–H and O–H groups in total. The number of rotatable bonds is 4. The lowest BCUT2D eigenvalue weighted by atomic mass is 10.2. The van der Waals surface area contributed by atoms with E-state index >= 15 is 0 Å². The van der Waals surface area contributed by atoms with E-state index in [1.807, 2.05) is 23.1 Å². The summed E-state index contributed by atoms with van der Waals surface area (Å²) in [6.07, 6.45) is 2.72. The van der Waals surface area contributed by atoms with E-state index in [0.717, 1.165) is 77.0 Å². The zero-order valence-corrected chi connectivity index (χ0v) is 15.9. The van der Waals surface area contributed by atoms with Gasteiger partial charge in [0.05, 0.1) is 30.7 Å². The summed E-state index contributed by atoms with van der Waals surface area (Å²) in [6.45, 7) is 8.42. The van der Waals surface area contributed by atoms with E-state index in [-0.39, 0.29) is 6.03 Å². The third kappa shape index (κ3) is 4.72. The summed E-state index contributed by atoms with van der Waals surface area (Å²) in [5.41, 5.74) is 1.96. The summed E-state index contributed by atoms with van der Waals surface area (Å²) in [4.78, 5) is 19.4. The molecule has 1 unspecified atom stereocenters. The SMILES string of the molecule is O=C(Nc1ccccc1N1CCOCC1)N1CCN(CC2CCCO2)CC1. The quantitative estimate of drug-likeness (QED) is 0.872. The number of anilines is 2. The van der Waals surface area contributed by atoms with E-state index in [2.05, 4.69) is 21.2 Å². The molecule has 3 aliphatic heterocycles. The fourth-order valence-electron chi connectivity index (χ4n) is 4.06. The molecule has 0 saturated carbocycles. The second kappa shape index (κ2) is 8.91. The van der Waals surface area contributed by atoms with Gasteiger partial charge in [-0.15, -0.1) is 0 Å². The highest BCUT2D eigenvalue weighted by Gasteiger charge is 2.25. The minimum atomic E-state index is -0.00697. The van der Waals surface area contributed by atoms with Gasteiger partial charge in [-0.1, -0.05) is 12.1 Å². The van der Waals surface area contributed by atoms with Gasteiger partial charge in [-0.05, 0) is 25.0 Å². The van der Waals surface area contributed by atoms with Crippen LogP contribution in [0.2, 0.25) is 0 Å². The van der Waals surface area contributed by atoms with Crippen molar-refractivity contribution < 1.29 is 14.3 Å². The van der Waals surface area contributed by atoms with E-state index in [0.29, 0.717) is 6.10 Å². The first kappa shape index (κ1) is 18.5. The fourth-order valence-corrected chi connectivity index (χ4v) is 4.06. The summed E-state index contributed by atoms with van der Waals surface area (Å²) in [5, 5.41) is 3.13. The third-order valence-corrected chi connectivity index (χ3v) is 5.64. The topological polar surface area (TPSA) is 57.3 Å². The van der Waals surface area contributed by atoms with Gasteiger partial charge in [0.25, 0.3) is 0 Å². The van der Waals surface area contributed by atoms with Gasteiger partial charge in [-0.3, -0.25) is 4.90 Å². The number of ether oxygens (including phenoxy) is 2. The summed E-state index contributed by atoms with van der Waals surface area (Å²) in [7, 11) is 0. The van der Waals surface area contributed by atoms with Crippen molar-refractivity contribution in [2.45, 2.75) is 18.9 Å². The first-order chi connectivity index (χ1) is 13.3. The fraction of sp³-hybridized carbons (Fsp3) is 0.650. The van der Waals surface area contributed by atoms with Crippen LogP contribution in [0.3, 0.4) is 0 Å². The number of amides is 2. The van der Waals surface area contributed by atoms with Crippen molar-refractivity contribution in [2.75, 3.05) is 75.9 Å². The van der Waals surface area contributed by atoms with Gasteiger partial charge in [0.2, 0.25) is 0 Å². The van der Waals surface area contributed by atoms with Crippen LogP contribution >= 0.6 is 0 Å². The van der Waals surface area contributed by atoms with Crippen molar-refractivity contribution in [3.05, 3.63) is 24.3 Å². The molecule has 148 valence electrons. The Kier molecular flexibility index (Phi) is 6.11. The Hall–Kier alpha value is -1.83. The Morgan fingerprint density at radius 1 is 1.04 bits per heavy atom. The monoisotopic (exact) mass is 374 g/mol. The van der Waals surface area contributed by atoms with E-state index < -0.39 is 0 Å². The minimum absolute atomic E-state index is 0.00697. The van der Waals surface area contributed by atoms with E-state index in [4.69, 9.17) is 9.47 Å². The Morgan fingerprint density at radius 3 is 2.56 bits per heavy atom. The van der Waals surface area contributed by atoms with Crippen molar-refractivity contribution in [1.29, 1.82) is 0 Å². The molecule has 7 nitrogen and oxygen atoms in total. The van der Waals surface area contributed by atoms with Crippen LogP contribution < -0.4 is 10.2 Å². The van der Waals surface area contributed by atoms with Crippen molar-refractivity contribution in [1.82, 2.24) is 9.80 Å². The number of carbonyl (C=O) groups is 1. The second-order valence-electron chi connectivity index (χ2n) is 7.47. The molecule has 1 atom stereocenters. The zero-order chi connectivity index (χ0) is 18.5. The van der Waals surface area contributed by atoms with E-state index in [1.54, 1.807) is 0 Å². The summed E-state index contributed by atoms with van der Waals surface area (Å²) in [5.74, 6) is 0. The van der Waals surface area contributed by atoms with Crippen LogP contribution in [-0.2, 0) is 9.47 Å². The number of urea groups is 1. The molecule has 7 heteroatoms. The zero-order valence-electron chi connectivity index (χ0n) is 15.9. The standard InChI is InChI=1S/C20H30N4O3/c25-20(24-9-7-22(8-10-24)16-17-4-3-13-27-17)21-18-5-1-2-6-19(18)23-11-14-26-15-12-23/h1-2,5-6,17H,3-4,7-16H2,(H,21,25). The molecule has 3 fully saturated rings. The third-order valence-electron chi connectivity index (χ3n) is 5.64. The molecule has 3 saturated heterocycles. The highest BCUT2D eigenvalue weighted by Crippen LogP contribution is 2.26. The van der Waals surface area contributed by atoms with E-state index in [9.17, 15) is 4.79 Å². The second-order valence-corrected chi connectivity index (χ2v) is 7.47. The van der Waals surface area contributed by atoms with Crippen LogP contribution in [0.25, 0.3) is 0 Å². The molecule has 3 aliphatic rings. The lowest BCUT2D eigenvalue weighted by Crippen LogP contribution is -2.51. The van der Waals surface area contributed by atoms with Crippen LogP contribution in [0.15, 0.2) is 24.3 Å². The van der Waals surface area contributed by atoms with Gasteiger partial charge >= 0.3 is 6.03 Å². The highest BCUT2D eigenvalue weighted by molar-refractivity contribution is 5.93. The van der Waals surface area contributed by atoms with Gasteiger partial charge in [-0.25, -0.2) is 4.79 Å². The van der Waals surface area contributed by atoms with Gasteiger partial charge < -0.3 is 24.6 Å².